The molecule has 1 saturated carbocycles. The van der Waals surface area contributed by atoms with E-state index in [9.17, 15) is 19.7 Å². The van der Waals surface area contributed by atoms with Crippen molar-refractivity contribution in [1.82, 2.24) is 4.90 Å². The van der Waals surface area contributed by atoms with Gasteiger partial charge in [0.15, 0.2) is 0 Å². The maximum absolute atomic E-state index is 13.0. The summed E-state index contributed by atoms with van der Waals surface area (Å²) in [6.45, 7) is 4.49. The van der Waals surface area contributed by atoms with Crippen LogP contribution in [0.3, 0.4) is 0 Å². The van der Waals surface area contributed by atoms with E-state index in [2.05, 4.69) is 6.92 Å². The molecule has 1 amide bonds. The molecule has 7 heteroatoms. The zero-order chi connectivity index (χ0) is 18.4. The Balaban J connectivity index is 2.29. The number of non-ortho nitro benzene ring substituents is 1. The van der Waals surface area contributed by atoms with Gasteiger partial charge in [-0.2, -0.15) is 0 Å². The zero-order valence-electron chi connectivity index (χ0n) is 14.7. The molecule has 1 aliphatic rings. The second-order valence-corrected chi connectivity index (χ2v) is 6.22. The highest BCUT2D eigenvalue weighted by Gasteiger charge is 2.57. The van der Waals surface area contributed by atoms with Crippen LogP contribution in [0.4, 0.5) is 5.69 Å². The van der Waals surface area contributed by atoms with Gasteiger partial charge in [0.1, 0.15) is 5.54 Å². The average molecular weight is 348 g/mol. The number of esters is 1. The van der Waals surface area contributed by atoms with Gasteiger partial charge in [-0.3, -0.25) is 14.9 Å². The predicted molar refractivity (Wildman–Crippen MR) is 92.3 cm³/mol. The lowest BCUT2D eigenvalue weighted by atomic mass is 10.1. The van der Waals surface area contributed by atoms with Gasteiger partial charge in [0, 0.05) is 24.2 Å². The Morgan fingerprint density at radius 2 is 2.00 bits per heavy atom. The Morgan fingerprint density at radius 3 is 2.56 bits per heavy atom. The molecule has 1 aromatic carbocycles. The number of nitro groups is 1. The molecular weight excluding hydrogens is 324 g/mol. The van der Waals surface area contributed by atoms with E-state index in [0.717, 1.165) is 19.3 Å². The fourth-order valence-corrected chi connectivity index (χ4v) is 2.91. The average Bonchev–Trinajstić information content (AvgIpc) is 3.40. The van der Waals surface area contributed by atoms with E-state index in [1.165, 1.54) is 18.2 Å². The Hall–Kier alpha value is -2.44. The van der Waals surface area contributed by atoms with Crippen molar-refractivity contribution in [2.45, 2.75) is 51.5 Å². The van der Waals surface area contributed by atoms with E-state index in [1.807, 2.05) is 0 Å². The molecular formula is C18H24N2O5. The van der Waals surface area contributed by atoms with Crippen molar-refractivity contribution >= 4 is 17.6 Å². The summed E-state index contributed by atoms with van der Waals surface area (Å²) in [5, 5.41) is 11.0. The van der Waals surface area contributed by atoms with Crippen molar-refractivity contribution < 1.29 is 19.2 Å². The SMILES string of the molecule is CCCCCN(C(=O)c1cccc([N+](=O)[O-])c1)C1(C(=O)OCC)CC1. The molecule has 0 spiro atoms. The van der Waals surface area contributed by atoms with Crippen molar-refractivity contribution in [3.63, 3.8) is 0 Å². The minimum absolute atomic E-state index is 0.139. The molecule has 0 aliphatic heterocycles. The molecule has 25 heavy (non-hydrogen) atoms. The molecule has 0 aromatic heterocycles. The van der Waals surface area contributed by atoms with Crippen molar-refractivity contribution in [1.29, 1.82) is 0 Å². The summed E-state index contributed by atoms with van der Waals surface area (Å²) in [5.74, 6) is -0.740. The number of hydrogen-bond acceptors (Lipinski definition) is 5. The molecule has 0 atom stereocenters. The molecule has 1 fully saturated rings. The second-order valence-electron chi connectivity index (χ2n) is 6.22. The molecule has 0 saturated heterocycles. The number of unbranched alkanes of at least 4 members (excludes halogenated alkanes) is 2. The van der Waals surface area contributed by atoms with Crippen LogP contribution in [-0.4, -0.2) is 40.4 Å². The molecule has 0 radical (unpaired) electrons. The first-order valence-electron chi connectivity index (χ1n) is 8.70. The number of nitro benzene ring substituents is 1. The van der Waals surface area contributed by atoms with Gasteiger partial charge in [0.05, 0.1) is 11.5 Å². The number of hydrogen-bond donors (Lipinski definition) is 0. The normalized spacial score (nSPS) is 14.6. The molecule has 1 aromatic rings. The monoisotopic (exact) mass is 348 g/mol. The van der Waals surface area contributed by atoms with E-state index in [4.69, 9.17) is 4.74 Å². The lowest BCUT2D eigenvalue weighted by Gasteiger charge is -2.30. The van der Waals surface area contributed by atoms with Crippen molar-refractivity contribution in [2.24, 2.45) is 0 Å². The van der Waals surface area contributed by atoms with E-state index >= 15 is 0 Å². The first kappa shape index (κ1) is 18.9. The summed E-state index contributed by atoms with van der Waals surface area (Å²) < 4.78 is 5.16. The largest absolute Gasteiger partial charge is 0.464 e. The van der Waals surface area contributed by atoms with Crippen LogP contribution in [0.25, 0.3) is 0 Å². The van der Waals surface area contributed by atoms with Gasteiger partial charge in [-0.05, 0) is 32.3 Å². The van der Waals surface area contributed by atoms with Gasteiger partial charge < -0.3 is 9.64 Å². The molecule has 136 valence electrons. The smallest absolute Gasteiger partial charge is 0.332 e. The van der Waals surface area contributed by atoms with Crippen LogP contribution in [0.2, 0.25) is 0 Å². The lowest BCUT2D eigenvalue weighted by Crippen LogP contribution is -2.48. The van der Waals surface area contributed by atoms with Crippen LogP contribution in [0, 0.1) is 10.1 Å². The Morgan fingerprint density at radius 1 is 1.28 bits per heavy atom. The molecule has 7 nitrogen and oxygen atoms in total. The third-order valence-corrected chi connectivity index (χ3v) is 4.43. The van der Waals surface area contributed by atoms with Gasteiger partial charge in [-0.25, -0.2) is 4.79 Å². The zero-order valence-corrected chi connectivity index (χ0v) is 14.7. The topological polar surface area (TPSA) is 89.8 Å². The quantitative estimate of drug-likeness (QED) is 0.295. The van der Waals surface area contributed by atoms with Crippen LogP contribution in [0.5, 0.6) is 0 Å². The molecule has 0 bridgehead atoms. The Labute approximate surface area is 147 Å². The first-order valence-corrected chi connectivity index (χ1v) is 8.70. The summed E-state index contributed by atoms with van der Waals surface area (Å²) in [7, 11) is 0. The molecule has 0 heterocycles. The minimum atomic E-state index is -0.911. The predicted octanol–water partition coefficient (Wildman–Crippen LogP) is 3.32. The standard InChI is InChI=1S/C18H24N2O5/c1-3-5-6-12-19(18(10-11-18)17(22)25-4-2)16(21)14-8-7-9-15(13-14)20(23)24/h7-9,13H,3-6,10-12H2,1-2H3. The highest BCUT2D eigenvalue weighted by Crippen LogP contribution is 2.44. The number of amides is 1. The summed E-state index contributed by atoms with van der Waals surface area (Å²) in [6.07, 6.45) is 3.85. The van der Waals surface area contributed by atoms with Crippen LogP contribution < -0.4 is 0 Å². The Kier molecular flexibility index (Phi) is 6.12. The van der Waals surface area contributed by atoms with Crippen LogP contribution >= 0.6 is 0 Å². The highest BCUT2D eigenvalue weighted by molar-refractivity contribution is 5.99. The fraction of sp³-hybridized carbons (Fsp3) is 0.556. The molecule has 0 N–H and O–H groups in total. The van der Waals surface area contributed by atoms with Crippen LogP contribution in [0.15, 0.2) is 24.3 Å². The van der Waals surface area contributed by atoms with Crippen LogP contribution in [-0.2, 0) is 9.53 Å². The summed E-state index contributed by atoms with van der Waals surface area (Å²) in [6, 6.07) is 5.63. The molecule has 2 rings (SSSR count). The summed E-state index contributed by atoms with van der Waals surface area (Å²) in [5.41, 5.74) is -0.826. The molecule has 0 unspecified atom stereocenters. The minimum Gasteiger partial charge on any atom is -0.464 e. The molecule has 1 aliphatic carbocycles. The van der Waals surface area contributed by atoms with E-state index in [0.29, 0.717) is 19.4 Å². The number of carbonyl (C=O) groups excluding carboxylic acids is 2. The first-order chi connectivity index (χ1) is 12.0. The fourth-order valence-electron chi connectivity index (χ4n) is 2.91. The number of carbonyl (C=O) groups is 2. The number of benzene rings is 1. The number of ether oxygens (including phenoxy) is 1. The maximum atomic E-state index is 13.0. The van der Waals surface area contributed by atoms with Gasteiger partial charge in [0.2, 0.25) is 0 Å². The summed E-state index contributed by atoms with van der Waals surface area (Å²) >= 11 is 0. The van der Waals surface area contributed by atoms with Crippen molar-refractivity contribution in [3.05, 3.63) is 39.9 Å². The van der Waals surface area contributed by atoms with Gasteiger partial charge >= 0.3 is 5.97 Å². The number of nitrogens with zero attached hydrogens (tertiary/aromatic N) is 2. The lowest BCUT2D eigenvalue weighted by molar-refractivity contribution is -0.384. The maximum Gasteiger partial charge on any atom is 0.332 e. The highest BCUT2D eigenvalue weighted by atomic mass is 16.6. The Bertz CT molecular complexity index is 655. The van der Waals surface area contributed by atoms with Gasteiger partial charge in [0.25, 0.3) is 11.6 Å². The summed E-state index contributed by atoms with van der Waals surface area (Å²) in [4.78, 5) is 37.4. The third-order valence-electron chi connectivity index (χ3n) is 4.43. The van der Waals surface area contributed by atoms with Crippen molar-refractivity contribution in [2.75, 3.05) is 13.2 Å². The van der Waals surface area contributed by atoms with E-state index in [1.54, 1.807) is 17.9 Å². The van der Waals surface area contributed by atoms with Gasteiger partial charge in [-0.15, -0.1) is 0 Å². The van der Waals surface area contributed by atoms with Crippen molar-refractivity contribution in [3.8, 4) is 0 Å². The van der Waals surface area contributed by atoms with E-state index in [-0.39, 0.29) is 29.7 Å². The second kappa shape index (κ2) is 8.09. The third kappa shape index (κ3) is 4.15. The number of rotatable bonds is 9. The van der Waals surface area contributed by atoms with Gasteiger partial charge in [-0.1, -0.05) is 25.8 Å². The van der Waals surface area contributed by atoms with E-state index < -0.39 is 10.5 Å². The van der Waals surface area contributed by atoms with Crippen LogP contribution in [0.1, 0.15) is 56.3 Å².